The van der Waals surface area contributed by atoms with E-state index in [1.165, 1.54) is 0 Å². The molecule has 0 bridgehead atoms. The molecule has 0 saturated carbocycles. The van der Waals surface area contributed by atoms with Crippen molar-refractivity contribution in [3.63, 3.8) is 0 Å². The number of allylic oxidation sites excluding steroid dienone is 3. The molecule has 0 aliphatic heterocycles. The number of hydrogen-bond donors (Lipinski definition) is 2. The molecule has 15 heavy (non-hydrogen) atoms. The van der Waals surface area contributed by atoms with Gasteiger partial charge in [0.25, 0.3) is 0 Å². The Morgan fingerprint density at radius 3 is 2.53 bits per heavy atom. The first-order chi connectivity index (χ1) is 7.13. The Labute approximate surface area is 91.1 Å². The summed E-state index contributed by atoms with van der Waals surface area (Å²) in [5.74, 6) is -0.799. The van der Waals surface area contributed by atoms with Crippen LogP contribution < -0.4 is 0 Å². The van der Waals surface area contributed by atoms with Crippen LogP contribution in [0.25, 0.3) is 0 Å². The summed E-state index contributed by atoms with van der Waals surface area (Å²) < 4.78 is 0. The molecule has 0 heterocycles. The Kier molecular flexibility index (Phi) is 8.78. The van der Waals surface area contributed by atoms with Gasteiger partial charge in [-0.3, -0.25) is 4.79 Å². The van der Waals surface area contributed by atoms with E-state index in [1.54, 1.807) is 13.0 Å². The lowest BCUT2D eigenvalue weighted by Gasteiger charge is -1.99. The Hall–Kier alpha value is -1.09. The van der Waals surface area contributed by atoms with Gasteiger partial charge in [-0.1, -0.05) is 24.3 Å². The number of aliphatic carboxylic acids is 1. The number of unbranched alkanes of at least 4 members (excludes halogenated alkanes) is 1. The van der Waals surface area contributed by atoms with Crippen LogP contribution >= 0.6 is 0 Å². The highest BCUT2D eigenvalue weighted by molar-refractivity contribution is 5.68. The first-order valence-electron chi connectivity index (χ1n) is 5.32. The lowest BCUT2D eigenvalue weighted by Crippen LogP contribution is -1.97. The first-order valence-corrected chi connectivity index (χ1v) is 5.32. The van der Waals surface area contributed by atoms with Gasteiger partial charge in [0.1, 0.15) is 0 Å². The largest absolute Gasteiger partial charge is 0.481 e. The fourth-order valence-corrected chi connectivity index (χ4v) is 1.10. The molecule has 1 unspecified atom stereocenters. The van der Waals surface area contributed by atoms with Gasteiger partial charge in [0, 0.05) is 0 Å². The molecule has 0 aromatic heterocycles. The Bertz CT molecular complexity index is 217. The maximum Gasteiger partial charge on any atom is 0.307 e. The van der Waals surface area contributed by atoms with Crippen molar-refractivity contribution in [2.45, 2.75) is 45.1 Å². The molecule has 0 aliphatic rings. The van der Waals surface area contributed by atoms with Crippen LogP contribution in [0.4, 0.5) is 0 Å². The van der Waals surface area contributed by atoms with Gasteiger partial charge in [-0.05, 0) is 32.6 Å². The molecule has 0 aromatic carbocycles. The predicted octanol–water partition coefficient (Wildman–Crippen LogP) is 2.51. The molecule has 0 aromatic rings. The number of aliphatic hydroxyl groups is 1. The minimum atomic E-state index is -0.799. The Morgan fingerprint density at radius 2 is 1.93 bits per heavy atom. The van der Waals surface area contributed by atoms with Crippen LogP contribution in [-0.4, -0.2) is 22.3 Å². The second-order valence-corrected chi connectivity index (χ2v) is 3.56. The molecule has 0 rings (SSSR count). The van der Waals surface area contributed by atoms with Crippen molar-refractivity contribution in [2.24, 2.45) is 0 Å². The lowest BCUT2D eigenvalue weighted by atomic mass is 10.1. The van der Waals surface area contributed by atoms with Crippen LogP contribution in [0.1, 0.15) is 39.0 Å². The molecule has 0 aliphatic carbocycles. The molecular formula is C12H20O3. The smallest absolute Gasteiger partial charge is 0.307 e. The first kappa shape index (κ1) is 13.9. The number of rotatable bonds is 8. The summed E-state index contributed by atoms with van der Waals surface area (Å²) in [6, 6.07) is 0. The highest BCUT2D eigenvalue weighted by Gasteiger charge is 1.92. The zero-order chi connectivity index (χ0) is 11.5. The highest BCUT2D eigenvalue weighted by Crippen LogP contribution is 2.01. The third-order valence-electron chi connectivity index (χ3n) is 1.89. The molecule has 0 radical (unpaired) electrons. The van der Waals surface area contributed by atoms with Crippen molar-refractivity contribution in [1.29, 1.82) is 0 Å². The average Bonchev–Trinajstić information content (AvgIpc) is 2.14. The van der Waals surface area contributed by atoms with Crippen LogP contribution in [0.3, 0.4) is 0 Å². The van der Waals surface area contributed by atoms with Crippen molar-refractivity contribution < 1.29 is 15.0 Å². The second kappa shape index (κ2) is 9.46. The quantitative estimate of drug-likeness (QED) is 0.480. The van der Waals surface area contributed by atoms with Crippen molar-refractivity contribution in [2.75, 3.05) is 0 Å². The highest BCUT2D eigenvalue weighted by atomic mass is 16.4. The van der Waals surface area contributed by atoms with Crippen LogP contribution in [0.2, 0.25) is 0 Å². The molecule has 86 valence electrons. The van der Waals surface area contributed by atoms with Crippen molar-refractivity contribution in [1.82, 2.24) is 0 Å². The van der Waals surface area contributed by atoms with E-state index in [2.05, 4.69) is 6.08 Å². The fourth-order valence-electron chi connectivity index (χ4n) is 1.10. The van der Waals surface area contributed by atoms with Crippen LogP contribution in [0, 0.1) is 0 Å². The van der Waals surface area contributed by atoms with E-state index in [4.69, 9.17) is 10.2 Å². The van der Waals surface area contributed by atoms with E-state index in [9.17, 15) is 4.79 Å². The molecule has 0 fully saturated rings. The number of carboxylic acids is 1. The van der Waals surface area contributed by atoms with E-state index >= 15 is 0 Å². The van der Waals surface area contributed by atoms with E-state index < -0.39 is 5.97 Å². The van der Waals surface area contributed by atoms with Gasteiger partial charge in [0.15, 0.2) is 0 Å². The normalized spacial score (nSPS) is 13.7. The molecule has 3 heteroatoms. The van der Waals surface area contributed by atoms with Crippen molar-refractivity contribution in [3.8, 4) is 0 Å². The maximum absolute atomic E-state index is 10.1. The van der Waals surface area contributed by atoms with E-state index in [0.717, 1.165) is 25.7 Å². The monoisotopic (exact) mass is 212 g/mol. The molecule has 0 saturated heterocycles. The Balaban J connectivity index is 3.31. The topological polar surface area (TPSA) is 57.5 Å². The molecule has 1 atom stereocenters. The number of hydrogen-bond acceptors (Lipinski definition) is 2. The van der Waals surface area contributed by atoms with Gasteiger partial charge in [-0.25, -0.2) is 0 Å². The standard InChI is InChI=1S/C12H20O3/c1-11(13)9-7-5-3-2-4-6-8-10-12(14)15/h2-3,6,8,11,13H,4-5,7,9-10H2,1H3,(H,14,15)/b3-2-,8-6-. The maximum atomic E-state index is 10.1. The zero-order valence-corrected chi connectivity index (χ0v) is 9.22. The fraction of sp³-hybridized carbons (Fsp3) is 0.583. The number of carbonyl (C=O) groups is 1. The molecule has 0 spiro atoms. The molecule has 3 nitrogen and oxygen atoms in total. The average molecular weight is 212 g/mol. The zero-order valence-electron chi connectivity index (χ0n) is 9.22. The summed E-state index contributed by atoms with van der Waals surface area (Å²) in [7, 11) is 0. The summed E-state index contributed by atoms with van der Waals surface area (Å²) in [6.45, 7) is 1.79. The summed E-state index contributed by atoms with van der Waals surface area (Å²) >= 11 is 0. The second-order valence-electron chi connectivity index (χ2n) is 3.56. The minimum Gasteiger partial charge on any atom is -0.481 e. The minimum absolute atomic E-state index is 0.0931. The van der Waals surface area contributed by atoms with Crippen LogP contribution in [-0.2, 0) is 4.79 Å². The summed E-state index contributed by atoms with van der Waals surface area (Å²) in [5.41, 5.74) is 0. The Morgan fingerprint density at radius 1 is 1.27 bits per heavy atom. The van der Waals surface area contributed by atoms with Crippen molar-refractivity contribution in [3.05, 3.63) is 24.3 Å². The van der Waals surface area contributed by atoms with Crippen molar-refractivity contribution >= 4 is 5.97 Å². The molecule has 0 amide bonds. The van der Waals surface area contributed by atoms with E-state index in [-0.39, 0.29) is 12.5 Å². The van der Waals surface area contributed by atoms with Gasteiger partial charge in [-0.15, -0.1) is 0 Å². The van der Waals surface area contributed by atoms with E-state index in [1.807, 2.05) is 12.2 Å². The van der Waals surface area contributed by atoms with Gasteiger partial charge in [-0.2, -0.15) is 0 Å². The lowest BCUT2D eigenvalue weighted by molar-refractivity contribution is -0.136. The van der Waals surface area contributed by atoms with E-state index in [0.29, 0.717) is 0 Å². The predicted molar refractivity (Wildman–Crippen MR) is 60.7 cm³/mol. The molecule has 2 N–H and O–H groups in total. The van der Waals surface area contributed by atoms with Gasteiger partial charge < -0.3 is 10.2 Å². The number of aliphatic hydroxyl groups excluding tert-OH is 1. The summed E-state index contributed by atoms with van der Waals surface area (Å²) in [5, 5.41) is 17.3. The van der Waals surface area contributed by atoms with Gasteiger partial charge in [0.2, 0.25) is 0 Å². The van der Waals surface area contributed by atoms with Crippen LogP contribution in [0.15, 0.2) is 24.3 Å². The summed E-state index contributed by atoms with van der Waals surface area (Å²) in [4.78, 5) is 10.1. The number of carboxylic acid groups (broad SMARTS) is 1. The third-order valence-corrected chi connectivity index (χ3v) is 1.89. The summed E-state index contributed by atoms with van der Waals surface area (Å²) in [6.07, 6.45) is 11.0. The van der Waals surface area contributed by atoms with Gasteiger partial charge >= 0.3 is 5.97 Å². The van der Waals surface area contributed by atoms with Gasteiger partial charge in [0.05, 0.1) is 12.5 Å². The molecular weight excluding hydrogens is 192 g/mol. The third kappa shape index (κ3) is 12.9. The SMILES string of the molecule is CC(O)CCC/C=C\C/C=C\CC(=O)O. The van der Waals surface area contributed by atoms with Crippen LogP contribution in [0.5, 0.6) is 0 Å².